The highest BCUT2D eigenvalue weighted by Crippen LogP contribution is 2.29. The van der Waals surface area contributed by atoms with Crippen LogP contribution >= 0.6 is 0 Å². The SMILES string of the molecule is CCOc1cccc(-c2ccc(OC)cc2CNC)c1. The minimum Gasteiger partial charge on any atom is -0.497 e. The monoisotopic (exact) mass is 271 g/mol. The van der Waals surface area contributed by atoms with E-state index >= 15 is 0 Å². The minimum atomic E-state index is 0.676. The van der Waals surface area contributed by atoms with Gasteiger partial charge in [-0.15, -0.1) is 0 Å². The second-order valence-electron chi connectivity index (χ2n) is 4.51. The second kappa shape index (κ2) is 6.96. The maximum Gasteiger partial charge on any atom is 0.119 e. The van der Waals surface area contributed by atoms with Gasteiger partial charge in [0.25, 0.3) is 0 Å². The molecule has 0 heterocycles. The predicted octanol–water partition coefficient (Wildman–Crippen LogP) is 3.48. The average Bonchev–Trinajstić information content (AvgIpc) is 2.48. The topological polar surface area (TPSA) is 30.5 Å². The van der Waals surface area contributed by atoms with Crippen molar-refractivity contribution in [2.45, 2.75) is 13.5 Å². The quantitative estimate of drug-likeness (QED) is 0.872. The Labute approximate surface area is 120 Å². The first-order valence-electron chi connectivity index (χ1n) is 6.83. The van der Waals surface area contributed by atoms with Crippen molar-refractivity contribution in [3.8, 4) is 22.6 Å². The van der Waals surface area contributed by atoms with Gasteiger partial charge in [0.2, 0.25) is 0 Å². The van der Waals surface area contributed by atoms with Gasteiger partial charge in [-0.3, -0.25) is 0 Å². The van der Waals surface area contributed by atoms with Gasteiger partial charge in [0.05, 0.1) is 13.7 Å². The molecule has 0 radical (unpaired) electrons. The van der Waals surface area contributed by atoms with Gasteiger partial charge in [-0.2, -0.15) is 0 Å². The first-order chi connectivity index (χ1) is 9.78. The van der Waals surface area contributed by atoms with Crippen LogP contribution in [0.25, 0.3) is 11.1 Å². The Morgan fingerprint density at radius 1 is 1.05 bits per heavy atom. The summed E-state index contributed by atoms with van der Waals surface area (Å²) in [6.07, 6.45) is 0. The Morgan fingerprint density at radius 3 is 2.60 bits per heavy atom. The molecule has 1 N–H and O–H groups in total. The van der Waals surface area contributed by atoms with Crippen LogP contribution in [0.1, 0.15) is 12.5 Å². The molecule has 0 bridgehead atoms. The molecule has 2 aromatic carbocycles. The molecule has 0 aliphatic carbocycles. The molecule has 20 heavy (non-hydrogen) atoms. The van der Waals surface area contributed by atoms with Crippen molar-refractivity contribution in [3.63, 3.8) is 0 Å². The molecule has 106 valence electrons. The molecular formula is C17H21NO2. The zero-order chi connectivity index (χ0) is 14.4. The van der Waals surface area contributed by atoms with E-state index in [1.807, 2.05) is 32.2 Å². The van der Waals surface area contributed by atoms with Crippen molar-refractivity contribution >= 4 is 0 Å². The maximum absolute atomic E-state index is 5.57. The van der Waals surface area contributed by atoms with Gasteiger partial charge in [-0.05, 0) is 54.9 Å². The van der Waals surface area contributed by atoms with Crippen LogP contribution in [0.15, 0.2) is 42.5 Å². The van der Waals surface area contributed by atoms with Gasteiger partial charge < -0.3 is 14.8 Å². The molecule has 0 aliphatic heterocycles. The van der Waals surface area contributed by atoms with Crippen LogP contribution < -0.4 is 14.8 Å². The molecule has 0 aliphatic rings. The number of hydrogen-bond acceptors (Lipinski definition) is 3. The lowest BCUT2D eigenvalue weighted by molar-refractivity contribution is 0.340. The number of ether oxygens (including phenoxy) is 2. The summed E-state index contributed by atoms with van der Waals surface area (Å²) in [5, 5.41) is 3.20. The van der Waals surface area contributed by atoms with Crippen LogP contribution in [0.5, 0.6) is 11.5 Å². The van der Waals surface area contributed by atoms with E-state index in [1.54, 1.807) is 7.11 Å². The number of methoxy groups -OCH3 is 1. The Hall–Kier alpha value is -2.00. The summed E-state index contributed by atoms with van der Waals surface area (Å²) in [7, 11) is 3.63. The maximum atomic E-state index is 5.57. The molecule has 0 saturated carbocycles. The van der Waals surface area contributed by atoms with Crippen molar-refractivity contribution in [2.75, 3.05) is 20.8 Å². The first kappa shape index (κ1) is 14.4. The fourth-order valence-corrected chi connectivity index (χ4v) is 2.24. The minimum absolute atomic E-state index is 0.676. The van der Waals surface area contributed by atoms with Crippen molar-refractivity contribution in [1.29, 1.82) is 0 Å². The molecule has 2 rings (SSSR count). The number of benzene rings is 2. The Morgan fingerprint density at radius 2 is 1.90 bits per heavy atom. The summed E-state index contributed by atoms with van der Waals surface area (Å²) in [4.78, 5) is 0. The fourth-order valence-electron chi connectivity index (χ4n) is 2.24. The molecule has 0 saturated heterocycles. The molecule has 0 fully saturated rings. The lowest BCUT2D eigenvalue weighted by atomic mass is 9.99. The van der Waals surface area contributed by atoms with Crippen molar-refractivity contribution < 1.29 is 9.47 Å². The van der Waals surface area contributed by atoms with Crippen LogP contribution in [0.2, 0.25) is 0 Å². The Bertz CT molecular complexity index is 567. The average molecular weight is 271 g/mol. The van der Waals surface area contributed by atoms with Gasteiger partial charge in [-0.25, -0.2) is 0 Å². The lowest BCUT2D eigenvalue weighted by Gasteiger charge is -2.12. The molecule has 3 nitrogen and oxygen atoms in total. The first-order valence-corrected chi connectivity index (χ1v) is 6.83. The summed E-state index contributed by atoms with van der Waals surface area (Å²) in [6.45, 7) is 3.47. The Balaban J connectivity index is 2.42. The third kappa shape index (κ3) is 3.31. The van der Waals surface area contributed by atoms with Gasteiger partial charge >= 0.3 is 0 Å². The molecule has 0 unspecified atom stereocenters. The van der Waals surface area contributed by atoms with Crippen molar-refractivity contribution in [3.05, 3.63) is 48.0 Å². The third-order valence-corrected chi connectivity index (χ3v) is 3.14. The highest BCUT2D eigenvalue weighted by molar-refractivity contribution is 5.69. The van der Waals surface area contributed by atoms with Crippen molar-refractivity contribution in [2.24, 2.45) is 0 Å². The van der Waals surface area contributed by atoms with Crippen LogP contribution in [0, 0.1) is 0 Å². The Kier molecular flexibility index (Phi) is 5.02. The van der Waals surface area contributed by atoms with E-state index in [4.69, 9.17) is 9.47 Å². The van der Waals surface area contributed by atoms with Crippen molar-refractivity contribution in [1.82, 2.24) is 5.32 Å². The molecule has 0 amide bonds. The number of rotatable bonds is 6. The van der Waals surface area contributed by atoms with Gasteiger partial charge in [0.1, 0.15) is 11.5 Å². The normalized spacial score (nSPS) is 10.3. The highest BCUT2D eigenvalue weighted by Gasteiger charge is 2.07. The van der Waals surface area contributed by atoms with E-state index in [0.29, 0.717) is 6.61 Å². The zero-order valence-corrected chi connectivity index (χ0v) is 12.3. The van der Waals surface area contributed by atoms with Crippen LogP contribution in [0.3, 0.4) is 0 Å². The van der Waals surface area contributed by atoms with E-state index in [0.717, 1.165) is 23.6 Å². The van der Waals surface area contributed by atoms with E-state index in [1.165, 1.54) is 11.1 Å². The molecule has 0 spiro atoms. The van der Waals surface area contributed by atoms with Gasteiger partial charge in [0, 0.05) is 6.54 Å². The van der Waals surface area contributed by atoms with E-state index < -0.39 is 0 Å². The summed E-state index contributed by atoms with van der Waals surface area (Å²) in [5.41, 5.74) is 3.56. The molecule has 0 atom stereocenters. The summed E-state index contributed by atoms with van der Waals surface area (Å²) >= 11 is 0. The highest BCUT2D eigenvalue weighted by atomic mass is 16.5. The molecule has 3 heteroatoms. The largest absolute Gasteiger partial charge is 0.497 e. The fraction of sp³-hybridized carbons (Fsp3) is 0.294. The summed E-state index contributed by atoms with van der Waals surface area (Å²) in [6, 6.07) is 14.3. The van der Waals surface area contributed by atoms with Crippen LogP contribution in [-0.4, -0.2) is 20.8 Å². The van der Waals surface area contributed by atoms with E-state index in [2.05, 4.69) is 29.6 Å². The third-order valence-electron chi connectivity index (χ3n) is 3.14. The molecule has 2 aromatic rings. The molecular weight excluding hydrogens is 250 g/mol. The van der Waals surface area contributed by atoms with Gasteiger partial charge in [0.15, 0.2) is 0 Å². The summed E-state index contributed by atoms with van der Waals surface area (Å²) in [5.74, 6) is 1.77. The van der Waals surface area contributed by atoms with Crippen LogP contribution in [-0.2, 0) is 6.54 Å². The predicted molar refractivity (Wildman–Crippen MR) is 82.4 cm³/mol. The second-order valence-corrected chi connectivity index (χ2v) is 4.51. The molecule has 0 aromatic heterocycles. The number of hydrogen-bond donors (Lipinski definition) is 1. The van der Waals surface area contributed by atoms with Crippen LogP contribution in [0.4, 0.5) is 0 Å². The zero-order valence-electron chi connectivity index (χ0n) is 12.3. The smallest absolute Gasteiger partial charge is 0.119 e. The lowest BCUT2D eigenvalue weighted by Crippen LogP contribution is -2.06. The van der Waals surface area contributed by atoms with E-state index in [9.17, 15) is 0 Å². The standard InChI is InChI=1S/C17H21NO2/c1-4-20-16-7-5-6-13(10-16)17-9-8-15(19-3)11-14(17)12-18-2/h5-11,18H,4,12H2,1-3H3. The van der Waals surface area contributed by atoms with E-state index in [-0.39, 0.29) is 0 Å². The van der Waals surface area contributed by atoms with Gasteiger partial charge in [-0.1, -0.05) is 18.2 Å². The summed E-state index contributed by atoms with van der Waals surface area (Å²) < 4.78 is 10.9. The number of nitrogens with one attached hydrogen (secondary N) is 1.